The summed E-state index contributed by atoms with van der Waals surface area (Å²) in [5, 5.41) is 2.56. The number of imidazole rings is 1. The van der Waals surface area contributed by atoms with Gasteiger partial charge in [0.1, 0.15) is 0 Å². The minimum atomic E-state index is -0.408. The maximum Gasteiger partial charge on any atom is 0.406 e. The number of nitrogens with zero attached hydrogens (tertiary/aromatic N) is 1. The van der Waals surface area contributed by atoms with Crippen LogP contribution in [0.15, 0.2) is 12.5 Å². The number of amides is 1. The molecule has 0 bridgehead atoms. The molecule has 1 amide bonds. The van der Waals surface area contributed by atoms with Gasteiger partial charge in [-0.25, -0.2) is 9.78 Å². The molecule has 0 saturated carbocycles. The summed E-state index contributed by atoms with van der Waals surface area (Å²) in [6.45, 7) is 0.550. The van der Waals surface area contributed by atoms with Crippen molar-refractivity contribution in [3.63, 3.8) is 0 Å². The number of aromatic amines is 1. The van der Waals surface area contributed by atoms with Gasteiger partial charge in [-0.3, -0.25) is 0 Å². The third-order valence-electron chi connectivity index (χ3n) is 1.40. The molecule has 1 rings (SSSR count). The molecule has 12 heavy (non-hydrogen) atoms. The zero-order valence-corrected chi connectivity index (χ0v) is 6.83. The van der Waals surface area contributed by atoms with E-state index in [1.165, 1.54) is 7.11 Å². The molecule has 0 aliphatic carbocycles. The van der Waals surface area contributed by atoms with Gasteiger partial charge in [-0.2, -0.15) is 0 Å². The zero-order valence-electron chi connectivity index (χ0n) is 6.83. The van der Waals surface area contributed by atoms with Crippen LogP contribution in [0.1, 0.15) is 5.69 Å². The number of H-pyrrole nitrogens is 1. The van der Waals surface area contributed by atoms with Gasteiger partial charge in [0, 0.05) is 24.9 Å². The maximum atomic E-state index is 10.6. The summed E-state index contributed by atoms with van der Waals surface area (Å²) in [5.74, 6) is 0. The van der Waals surface area contributed by atoms with Gasteiger partial charge in [-0.05, 0) is 0 Å². The minimum Gasteiger partial charge on any atom is -0.453 e. The van der Waals surface area contributed by atoms with Crippen LogP contribution in [0.3, 0.4) is 0 Å². The van der Waals surface area contributed by atoms with E-state index in [2.05, 4.69) is 20.0 Å². The number of rotatable bonds is 3. The van der Waals surface area contributed by atoms with Crippen LogP contribution in [0, 0.1) is 0 Å². The predicted octanol–water partition coefficient (Wildman–Crippen LogP) is 0.308. The van der Waals surface area contributed by atoms with Gasteiger partial charge in [0.25, 0.3) is 0 Å². The highest BCUT2D eigenvalue weighted by molar-refractivity contribution is 5.66. The lowest BCUT2D eigenvalue weighted by Crippen LogP contribution is -2.25. The van der Waals surface area contributed by atoms with Crippen molar-refractivity contribution in [2.75, 3.05) is 13.7 Å². The lowest BCUT2D eigenvalue weighted by Gasteiger charge is -2.00. The molecule has 0 spiro atoms. The Morgan fingerprint density at radius 2 is 2.67 bits per heavy atom. The number of methoxy groups -OCH3 is 1. The van der Waals surface area contributed by atoms with E-state index >= 15 is 0 Å². The van der Waals surface area contributed by atoms with E-state index in [0.29, 0.717) is 6.54 Å². The molecule has 0 aliphatic rings. The van der Waals surface area contributed by atoms with Crippen LogP contribution in [0.2, 0.25) is 0 Å². The van der Waals surface area contributed by atoms with Crippen LogP contribution in [-0.2, 0) is 11.2 Å². The van der Waals surface area contributed by atoms with Gasteiger partial charge >= 0.3 is 6.09 Å². The first-order chi connectivity index (χ1) is 5.83. The Morgan fingerprint density at radius 3 is 3.25 bits per heavy atom. The number of alkyl carbamates (subject to hydrolysis) is 1. The van der Waals surface area contributed by atoms with Crippen molar-refractivity contribution in [1.82, 2.24) is 15.3 Å². The SMILES string of the molecule is COC(=O)NCCc1cnc[nH]1. The molecular weight excluding hydrogens is 158 g/mol. The highest BCUT2D eigenvalue weighted by Gasteiger charge is 1.97. The van der Waals surface area contributed by atoms with E-state index in [-0.39, 0.29) is 0 Å². The van der Waals surface area contributed by atoms with Gasteiger partial charge in [0.05, 0.1) is 13.4 Å². The summed E-state index contributed by atoms with van der Waals surface area (Å²) in [7, 11) is 1.34. The average molecular weight is 169 g/mol. The Labute approximate surface area is 70.1 Å². The Bertz CT molecular complexity index is 233. The summed E-state index contributed by atoms with van der Waals surface area (Å²) in [5.41, 5.74) is 0.992. The number of nitrogens with one attached hydrogen (secondary N) is 2. The van der Waals surface area contributed by atoms with Crippen molar-refractivity contribution >= 4 is 6.09 Å². The van der Waals surface area contributed by atoms with E-state index in [0.717, 1.165) is 12.1 Å². The molecule has 1 aromatic heterocycles. The molecule has 5 nitrogen and oxygen atoms in total. The number of carbonyl (C=O) groups excluding carboxylic acids is 1. The molecule has 0 fully saturated rings. The van der Waals surface area contributed by atoms with Crippen LogP contribution < -0.4 is 5.32 Å². The van der Waals surface area contributed by atoms with Crippen molar-refractivity contribution in [3.8, 4) is 0 Å². The van der Waals surface area contributed by atoms with E-state index in [1.54, 1.807) is 12.5 Å². The van der Waals surface area contributed by atoms with Crippen molar-refractivity contribution in [2.24, 2.45) is 0 Å². The van der Waals surface area contributed by atoms with Crippen molar-refractivity contribution < 1.29 is 9.53 Å². The lowest BCUT2D eigenvalue weighted by atomic mass is 10.3. The lowest BCUT2D eigenvalue weighted by molar-refractivity contribution is 0.171. The molecule has 66 valence electrons. The third-order valence-corrected chi connectivity index (χ3v) is 1.40. The van der Waals surface area contributed by atoms with E-state index in [4.69, 9.17) is 0 Å². The van der Waals surface area contributed by atoms with Crippen LogP contribution >= 0.6 is 0 Å². The highest BCUT2D eigenvalue weighted by atomic mass is 16.5. The van der Waals surface area contributed by atoms with Crippen LogP contribution in [0.4, 0.5) is 4.79 Å². The fourth-order valence-corrected chi connectivity index (χ4v) is 0.793. The molecule has 5 heteroatoms. The standard InChI is InChI=1S/C7H11N3O2/c1-12-7(11)9-3-2-6-4-8-5-10-6/h4-5H,2-3H2,1H3,(H,8,10)(H,9,11). The molecule has 0 atom stereocenters. The Kier molecular flexibility index (Phi) is 3.13. The first kappa shape index (κ1) is 8.58. The topological polar surface area (TPSA) is 67.0 Å². The number of hydrogen-bond acceptors (Lipinski definition) is 3. The summed E-state index contributed by atoms with van der Waals surface area (Å²) in [4.78, 5) is 17.3. The molecule has 1 heterocycles. The Morgan fingerprint density at radius 1 is 1.83 bits per heavy atom. The molecule has 0 aliphatic heterocycles. The molecule has 1 aromatic rings. The molecule has 0 radical (unpaired) electrons. The van der Waals surface area contributed by atoms with Gasteiger partial charge in [-0.15, -0.1) is 0 Å². The summed E-state index contributed by atoms with van der Waals surface area (Å²) < 4.78 is 4.39. The largest absolute Gasteiger partial charge is 0.453 e. The van der Waals surface area contributed by atoms with E-state index in [9.17, 15) is 4.79 Å². The summed E-state index contributed by atoms with van der Waals surface area (Å²) >= 11 is 0. The highest BCUT2D eigenvalue weighted by Crippen LogP contribution is 1.90. The quantitative estimate of drug-likeness (QED) is 0.684. The van der Waals surface area contributed by atoms with E-state index < -0.39 is 6.09 Å². The smallest absolute Gasteiger partial charge is 0.406 e. The zero-order chi connectivity index (χ0) is 8.81. The molecule has 0 unspecified atom stereocenters. The Balaban J connectivity index is 2.15. The first-order valence-electron chi connectivity index (χ1n) is 3.62. The van der Waals surface area contributed by atoms with Gasteiger partial charge < -0.3 is 15.0 Å². The van der Waals surface area contributed by atoms with Crippen molar-refractivity contribution in [3.05, 3.63) is 18.2 Å². The average Bonchev–Trinajstić information content (AvgIpc) is 2.57. The second kappa shape index (κ2) is 4.38. The Hall–Kier alpha value is -1.52. The van der Waals surface area contributed by atoms with Crippen LogP contribution in [0.25, 0.3) is 0 Å². The number of carbonyl (C=O) groups is 1. The van der Waals surface area contributed by atoms with Crippen LogP contribution in [0.5, 0.6) is 0 Å². The summed E-state index contributed by atoms with van der Waals surface area (Å²) in [6, 6.07) is 0. The van der Waals surface area contributed by atoms with E-state index in [1.807, 2.05) is 0 Å². The van der Waals surface area contributed by atoms with Crippen molar-refractivity contribution in [1.29, 1.82) is 0 Å². The fraction of sp³-hybridized carbons (Fsp3) is 0.429. The van der Waals surface area contributed by atoms with Crippen molar-refractivity contribution in [2.45, 2.75) is 6.42 Å². The molecule has 2 N–H and O–H groups in total. The second-order valence-electron chi connectivity index (χ2n) is 2.25. The minimum absolute atomic E-state index is 0.408. The number of hydrogen-bond donors (Lipinski definition) is 2. The van der Waals surface area contributed by atoms with Gasteiger partial charge in [0.15, 0.2) is 0 Å². The molecule has 0 saturated heterocycles. The summed E-state index contributed by atoms with van der Waals surface area (Å²) in [6.07, 6.45) is 3.65. The maximum absolute atomic E-state index is 10.6. The molecule has 0 aromatic carbocycles. The monoisotopic (exact) mass is 169 g/mol. The number of ether oxygens (including phenoxy) is 1. The number of aromatic nitrogens is 2. The normalized spacial score (nSPS) is 9.42. The van der Waals surface area contributed by atoms with Gasteiger partial charge in [-0.1, -0.05) is 0 Å². The fourth-order valence-electron chi connectivity index (χ4n) is 0.793. The first-order valence-corrected chi connectivity index (χ1v) is 3.62. The van der Waals surface area contributed by atoms with Crippen LogP contribution in [-0.4, -0.2) is 29.7 Å². The second-order valence-corrected chi connectivity index (χ2v) is 2.25. The molecular formula is C7H11N3O2. The predicted molar refractivity (Wildman–Crippen MR) is 42.7 cm³/mol. The third kappa shape index (κ3) is 2.61. The van der Waals surface area contributed by atoms with Gasteiger partial charge in [0.2, 0.25) is 0 Å².